The van der Waals surface area contributed by atoms with Crippen molar-refractivity contribution in [3.63, 3.8) is 0 Å². The standard InChI is InChI=1S/C11H24N2O3S/c1-9(2)11(3,8-12)13-10(14)6-5-7-17(4,15)16/h9H,5-8,12H2,1-4H3,(H,13,14). The third kappa shape index (κ3) is 6.63. The molecule has 0 saturated carbocycles. The Kier molecular flexibility index (Phi) is 6.12. The summed E-state index contributed by atoms with van der Waals surface area (Å²) in [7, 11) is -2.99. The Labute approximate surface area is 104 Å². The average molecular weight is 264 g/mol. The van der Waals surface area contributed by atoms with Crippen LogP contribution in [-0.2, 0) is 14.6 Å². The van der Waals surface area contributed by atoms with E-state index in [-0.39, 0.29) is 24.0 Å². The van der Waals surface area contributed by atoms with Crippen molar-refractivity contribution < 1.29 is 13.2 Å². The summed E-state index contributed by atoms with van der Waals surface area (Å²) >= 11 is 0. The lowest BCUT2D eigenvalue weighted by Crippen LogP contribution is -2.55. The minimum atomic E-state index is -2.99. The van der Waals surface area contributed by atoms with Crippen LogP contribution in [0.4, 0.5) is 0 Å². The number of amides is 1. The van der Waals surface area contributed by atoms with Crippen LogP contribution in [0.2, 0.25) is 0 Å². The second-order valence-corrected chi connectivity index (χ2v) is 7.32. The predicted molar refractivity (Wildman–Crippen MR) is 69.4 cm³/mol. The number of nitrogens with two attached hydrogens (primary N) is 1. The lowest BCUT2D eigenvalue weighted by atomic mass is 9.88. The number of hydrogen-bond acceptors (Lipinski definition) is 4. The van der Waals surface area contributed by atoms with Crippen LogP contribution in [0, 0.1) is 5.92 Å². The highest BCUT2D eigenvalue weighted by Gasteiger charge is 2.28. The second kappa shape index (κ2) is 6.35. The molecule has 0 aliphatic rings. The van der Waals surface area contributed by atoms with E-state index in [1.54, 1.807) is 0 Å². The van der Waals surface area contributed by atoms with Gasteiger partial charge in [0.05, 0.1) is 11.3 Å². The van der Waals surface area contributed by atoms with Crippen molar-refractivity contribution in [2.24, 2.45) is 11.7 Å². The molecule has 3 N–H and O–H groups in total. The highest BCUT2D eigenvalue weighted by atomic mass is 32.2. The molecule has 0 saturated heterocycles. The molecule has 0 fully saturated rings. The first-order chi connectivity index (χ1) is 7.60. The number of carbonyl (C=O) groups excluding carboxylic acids is 1. The molecule has 1 atom stereocenters. The molecule has 1 unspecified atom stereocenters. The SMILES string of the molecule is CC(C)C(C)(CN)NC(=O)CCCS(C)(=O)=O. The first kappa shape index (κ1) is 16.4. The van der Waals surface area contributed by atoms with E-state index in [0.717, 1.165) is 0 Å². The Bertz CT molecular complexity index is 352. The Hall–Kier alpha value is -0.620. The number of rotatable bonds is 7. The fourth-order valence-corrected chi connectivity index (χ4v) is 1.98. The molecule has 0 aromatic carbocycles. The fourth-order valence-electron chi connectivity index (χ4n) is 1.31. The van der Waals surface area contributed by atoms with Crippen molar-refractivity contribution >= 4 is 15.7 Å². The Balaban J connectivity index is 4.18. The zero-order chi connectivity index (χ0) is 13.7. The van der Waals surface area contributed by atoms with Gasteiger partial charge in [0.15, 0.2) is 0 Å². The van der Waals surface area contributed by atoms with Crippen molar-refractivity contribution in [2.45, 2.75) is 39.2 Å². The molecule has 0 aromatic rings. The maximum absolute atomic E-state index is 11.6. The summed E-state index contributed by atoms with van der Waals surface area (Å²) in [6, 6.07) is 0. The van der Waals surface area contributed by atoms with Gasteiger partial charge in [-0.15, -0.1) is 0 Å². The summed E-state index contributed by atoms with van der Waals surface area (Å²) in [5.74, 6) is 0.128. The second-order valence-electron chi connectivity index (χ2n) is 5.06. The van der Waals surface area contributed by atoms with Crippen molar-refractivity contribution in [2.75, 3.05) is 18.6 Å². The minimum absolute atomic E-state index is 0.0431. The van der Waals surface area contributed by atoms with Gasteiger partial charge >= 0.3 is 0 Å². The average Bonchev–Trinajstić information content (AvgIpc) is 2.15. The van der Waals surface area contributed by atoms with Crippen LogP contribution >= 0.6 is 0 Å². The smallest absolute Gasteiger partial charge is 0.220 e. The monoisotopic (exact) mass is 264 g/mol. The van der Waals surface area contributed by atoms with Gasteiger partial charge in [0.25, 0.3) is 0 Å². The molecule has 6 heteroatoms. The molecule has 0 aromatic heterocycles. The molecule has 0 aliphatic carbocycles. The molecule has 0 aliphatic heterocycles. The van der Waals surface area contributed by atoms with Gasteiger partial charge in [-0.05, 0) is 19.3 Å². The van der Waals surface area contributed by atoms with Crippen LogP contribution < -0.4 is 11.1 Å². The molecule has 5 nitrogen and oxygen atoms in total. The fraction of sp³-hybridized carbons (Fsp3) is 0.909. The third-order valence-electron chi connectivity index (χ3n) is 3.04. The van der Waals surface area contributed by atoms with E-state index in [9.17, 15) is 13.2 Å². The predicted octanol–water partition coefficient (Wildman–Crippen LogP) is 0.301. The van der Waals surface area contributed by atoms with Gasteiger partial charge in [0.2, 0.25) is 5.91 Å². The molecule has 0 rings (SSSR count). The van der Waals surface area contributed by atoms with Gasteiger partial charge in [0.1, 0.15) is 9.84 Å². The van der Waals surface area contributed by atoms with Crippen LogP contribution in [0.5, 0.6) is 0 Å². The lowest BCUT2D eigenvalue weighted by molar-refractivity contribution is -0.123. The first-order valence-electron chi connectivity index (χ1n) is 5.79. The van der Waals surface area contributed by atoms with Gasteiger partial charge in [-0.2, -0.15) is 0 Å². The van der Waals surface area contributed by atoms with Crippen LogP contribution in [0.1, 0.15) is 33.6 Å². The van der Waals surface area contributed by atoms with E-state index in [4.69, 9.17) is 5.73 Å². The quantitative estimate of drug-likeness (QED) is 0.692. The normalized spacial score (nSPS) is 15.6. The van der Waals surface area contributed by atoms with Crippen molar-refractivity contribution in [3.8, 4) is 0 Å². The molecule has 1 amide bonds. The zero-order valence-corrected chi connectivity index (χ0v) is 11.9. The number of sulfone groups is 1. The van der Waals surface area contributed by atoms with E-state index < -0.39 is 15.4 Å². The number of hydrogen-bond donors (Lipinski definition) is 2. The maximum atomic E-state index is 11.6. The highest BCUT2D eigenvalue weighted by Crippen LogP contribution is 2.15. The summed E-state index contributed by atoms with van der Waals surface area (Å²) in [6.45, 7) is 6.24. The molecule has 0 spiro atoms. The molecule has 0 bridgehead atoms. The van der Waals surface area contributed by atoms with E-state index in [2.05, 4.69) is 5.32 Å². The van der Waals surface area contributed by atoms with Crippen LogP contribution in [0.15, 0.2) is 0 Å². The highest BCUT2D eigenvalue weighted by molar-refractivity contribution is 7.90. The van der Waals surface area contributed by atoms with E-state index in [1.165, 1.54) is 6.26 Å². The van der Waals surface area contributed by atoms with Gasteiger partial charge in [0, 0.05) is 19.2 Å². The summed E-state index contributed by atoms with van der Waals surface area (Å²) in [4.78, 5) is 11.6. The Morgan fingerprint density at radius 2 is 1.94 bits per heavy atom. The van der Waals surface area contributed by atoms with E-state index >= 15 is 0 Å². The van der Waals surface area contributed by atoms with Crippen molar-refractivity contribution in [1.82, 2.24) is 5.32 Å². The molecular formula is C11H24N2O3S. The van der Waals surface area contributed by atoms with Crippen LogP contribution in [-0.4, -0.2) is 38.4 Å². The zero-order valence-electron chi connectivity index (χ0n) is 11.1. The van der Waals surface area contributed by atoms with Crippen LogP contribution in [0.25, 0.3) is 0 Å². The van der Waals surface area contributed by atoms with E-state index in [0.29, 0.717) is 13.0 Å². The van der Waals surface area contributed by atoms with Gasteiger partial charge in [-0.25, -0.2) is 8.42 Å². The number of nitrogens with one attached hydrogen (secondary N) is 1. The number of carbonyl (C=O) groups is 1. The van der Waals surface area contributed by atoms with Gasteiger partial charge in [-0.3, -0.25) is 4.79 Å². The summed E-state index contributed by atoms with van der Waals surface area (Å²) in [5.41, 5.74) is 5.22. The topological polar surface area (TPSA) is 89.3 Å². The molecule has 0 heterocycles. The molecule has 0 radical (unpaired) electrons. The van der Waals surface area contributed by atoms with Gasteiger partial charge < -0.3 is 11.1 Å². The molecule has 17 heavy (non-hydrogen) atoms. The summed E-state index contributed by atoms with van der Waals surface area (Å²) in [5, 5.41) is 2.87. The first-order valence-corrected chi connectivity index (χ1v) is 7.85. The van der Waals surface area contributed by atoms with Gasteiger partial charge in [-0.1, -0.05) is 13.8 Å². The van der Waals surface area contributed by atoms with Crippen LogP contribution in [0.3, 0.4) is 0 Å². The molecular weight excluding hydrogens is 240 g/mol. The van der Waals surface area contributed by atoms with Crippen molar-refractivity contribution in [3.05, 3.63) is 0 Å². The van der Waals surface area contributed by atoms with E-state index in [1.807, 2.05) is 20.8 Å². The Morgan fingerprint density at radius 1 is 1.41 bits per heavy atom. The summed E-state index contributed by atoms with van der Waals surface area (Å²) in [6.07, 6.45) is 1.74. The Morgan fingerprint density at radius 3 is 2.29 bits per heavy atom. The lowest BCUT2D eigenvalue weighted by Gasteiger charge is -2.33. The summed E-state index contributed by atoms with van der Waals surface area (Å²) < 4.78 is 21.8. The minimum Gasteiger partial charge on any atom is -0.349 e. The maximum Gasteiger partial charge on any atom is 0.220 e. The largest absolute Gasteiger partial charge is 0.349 e. The van der Waals surface area contributed by atoms with Crippen molar-refractivity contribution in [1.29, 1.82) is 0 Å². The molecule has 102 valence electrons. The third-order valence-corrected chi connectivity index (χ3v) is 4.07.